The summed E-state index contributed by atoms with van der Waals surface area (Å²) < 4.78 is 26.6. The Kier molecular flexibility index (Phi) is 5.64. The van der Waals surface area contributed by atoms with Gasteiger partial charge >= 0.3 is 5.97 Å². The molecule has 6 nitrogen and oxygen atoms in total. The molecule has 0 fully saturated rings. The molecule has 0 aromatic heterocycles. The summed E-state index contributed by atoms with van der Waals surface area (Å²) in [6.07, 6.45) is 0. The first kappa shape index (κ1) is 18.5. The van der Waals surface area contributed by atoms with Crippen molar-refractivity contribution in [2.24, 2.45) is 0 Å². The summed E-state index contributed by atoms with van der Waals surface area (Å²) in [6.45, 7) is 0.902. The van der Waals surface area contributed by atoms with Gasteiger partial charge < -0.3 is 23.7 Å². The molecule has 0 saturated carbocycles. The highest BCUT2D eigenvalue weighted by molar-refractivity contribution is 6.33. The lowest BCUT2D eigenvalue weighted by Gasteiger charge is -2.20. The van der Waals surface area contributed by atoms with Gasteiger partial charge in [-0.25, -0.2) is 4.79 Å². The minimum absolute atomic E-state index is 0.0150. The van der Waals surface area contributed by atoms with E-state index in [0.29, 0.717) is 46.8 Å². The van der Waals surface area contributed by atoms with Gasteiger partial charge in [0.05, 0.1) is 29.8 Å². The predicted molar refractivity (Wildman–Crippen MR) is 96.1 cm³/mol. The predicted octanol–water partition coefficient (Wildman–Crippen LogP) is 4.14. The Balaban J connectivity index is 1.75. The van der Waals surface area contributed by atoms with Gasteiger partial charge in [-0.1, -0.05) is 23.2 Å². The molecular formula is C18H16Cl2O6. The fraction of sp³-hybridized carbons (Fsp3) is 0.278. The summed E-state index contributed by atoms with van der Waals surface area (Å²) >= 11 is 12.3. The monoisotopic (exact) mass is 398 g/mol. The Bertz CT molecular complexity index is 837. The Labute approximate surface area is 160 Å². The van der Waals surface area contributed by atoms with Crippen molar-refractivity contribution in [2.45, 2.75) is 6.61 Å². The quantitative estimate of drug-likeness (QED) is 0.705. The van der Waals surface area contributed by atoms with Crippen LogP contribution in [0.2, 0.25) is 10.0 Å². The van der Waals surface area contributed by atoms with E-state index in [1.165, 1.54) is 26.4 Å². The van der Waals surface area contributed by atoms with E-state index in [1.807, 2.05) is 0 Å². The summed E-state index contributed by atoms with van der Waals surface area (Å²) in [7, 11) is 2.92. The maximum atomic E-state index is 12.3. The average Bonchev–Trinajstić information content (AvgIpc) is 2.65. The molecule has 0 spiro atoms. The summed E-state index contributed by atoms with van der Waals surface area (Å²) in [4.78, 5) is 12.3. The minimum atomic E-state index is -0.557. The minimum Gasteiger partial charge on any atom is -0.493 e. The molecule has 2 aromatic carbocycles. The number of hydrogen-bond acceptors (Lipinski definition) is 6. The van der Waals surface area contributed by atoms with Crippen LogP contribution in [-0.4, -0.2) is 33.4 Å². The van der Waals surface area contributed by atoms with Crippen molar-refractivity contribution in [2.75, 3.05) is 27.4 Å². The topological polar surface area (TPSA) is 63.2 Å². The van der Waals surface area contributed by atoms with Gasteiger partial charge in [-0.3, -0.25) is 0 Å². The molecule has 0 radical (unpaired) electrons. The van der Waals surface area contributed by atoms with Crippen LogP contribution >= 0.6 is 23.2 Å². The zero-order valence-electron chi connectivity index (χ0n) is 14.1. The normalized spacial score (nSPS) is 12.5. The lowest BCUT2D eigenvalue weighted by Crippen LogP contribution is -2.16. The van der Waals surface area contributed by atoms with Crippen molar-refractivity contribution < 1.29 is 28.5 Å². The number of fused-ring (bicyclic) bond motifs is 1. The molecule has 2 aromatic rings. The molecule has 0 unspecified atom stereocenters. The second-order valence-electron chi connectivity index (χ2n) is 5.37. The van der Waals surface area contributed by atoms with E-state index in [2.05, 4.69) is 0 Å². The molecule has 8 heteroatoms. The molecular weight excluding hydrogens is 383 g/mol. The van der Waals surface area contributed by atoms with Crippen LogP contribution in [0.3, 0.4) is 0 Å². The van der Waals surface area contributed by atoms with Crippen molar-refractivity contribution in [1.82, 2.24) is 0 Å². The largest absolute Gasteiger partial charge is 0.493 e. The van der Waals surface area contributed by atoms with Gasteiger partial charge in [-0.05, 0) is 29.8 Å². The number of benzene rings is 2. The zero-order chi connectivity index (χ0) is 18.7. The number of carbonyl (C=O) groups is 1. The van der Waals surface area contributed by atoms with Gasteiger partial charge in [0.15, 0.2) is 23.0 Å². The first-order chi connectivity index (χ1) is 12.5. The number of carbonyl (C=O) groups excluding carboxylic acids is 1. The SMILES string of the molecule is COc1cc(C(=O)OCc2cc(Cl)c3c(c2)OCCO3)cc(Cl)c1OC. The molecule has 26 heavy (non-hydrogen) atoms. The lowest BCUT2D eigenvalue weighted by atomic mass is 10.2. The van der Waals surface area contributed by atoms with Crippen LogP contribution in [0.1, 0.15) is 15.9 Å². The number of rotatable bonds is 5. The van der Waals surface area contributed by atoms with Crippen molar-refractivity contribution >= 4 is 29.2 Å². The highest BCUT2D eigenvalue weighted by Crippen LogP contribution is 2.39. The molecule has 0 saturated heterocycles. The third-order valence-electron chi connectivity index (χ3n) is 3.70. The Morgan fingerprint density at radius 2 is 1.81 bits per heavy atom. The van der Waals surface area contributed by atoms with Gasteiger partial charge in [0, 0.05) is 0 Å². The molecule has 1 heterocycles. The number of halogens is 2. The molecule has 0 aliphatic carbocycles. The summed E-state index contributed by atoms with van der Waals surface area (Å²) in [5.41, 5.74) is 0.926. The van der Waals surface area contributed by atoms with E-state index in [4.69, 9.17) is 46.9 Å². The Hall–Kier alpha value is -2.31. The van der Waals surface area contributed by atoms with Gasteiger partial charge in [0.25, 0.3) is 0 Å². The third kappa shape index (κ3) is 3.76. The lowest BCUT2D eigenvalue weighted by molar-refractivity contribution is 0.0471. The van der Waals surface area contributed by atoms with Gasteiger partial charge in [0.2, 0.25) is 0 Å². The second-order valence-corrected chi connectivity index (χ2v) is 6.19. The average molecular weight is 399 g/mol. The standard InChI is InChI=1S/C18H16Cl2O6/c1-22-14-8-11(7-13(20)16(14)23-2)18(21)26-9-10-5-12(19)17-15(6-10)24-3-4-25-17/h5-8H,3-4,9H2,1-2H3. The number of esters is 1. The van der Waals surface area contributed by atoms with E-state index in [9.17, 15) is 4.79 Å². The maximum Gasteiger partial charge on any atom is 0.338 e. The van der Waals surface area contributed by atoms with Crippen LogP contribution in [0.4, 0.5) is 0 Å². The number of hydrogen-bond donors (Lipinski definition) is 0. The van der Waals surface area contributed by atoms with Crippen molar-refractivity contribution in [3.63, 3.8) is 0 Å². The molecule has 0 atom stereocenters. The molecule has 0 N–H and O–H groups in total. The smallest absolute Gasteiger partial charge is 0.338 e. The Morgan fingerprint density at radius 3 is 2.54 bits per heavy atom. The first-order valence-corrected chi connectivity index (χ1v) is 8.45. The summed E-state index contributed by atoms with van der Waals surface area (Å²) in [5, 5.41) is 0.656. The molecule has 0 amide bonds. The second kappa shape index (κ2) is 7.93. The van der Waals surface area contributed by atoms with Crippen LogP contribution in [0.5, 0.6) is 23.0 Å². The number of ether oxygens (including phenoxy) is 5. The van der Waals surface area contributed by atoms with Crippen molar-refractivity contribution in [1.29, 1.82) is 0 Å². The van der Waals surface area contributed by atoms with Crippen LogP contribution in [0.15, 0.2) is 24.3 Å². The molecule has 3 rings (SSSR count). The van der Waals surface area contributed by atoms with E-state index in [0.717, 1.165) is 0 Å². The van der Waals surface area contributed by atoms with Gasteiger partial charge in [-0.2, -0.15) is 0 Å². The summed E-state index contributed by atoms with van der Waals surface area (Å²) in [6, 6.07) is 6.37. The molecule has 1 aliphatic rings. The Morgan fingerprint density at radius 1 is 1.04 bits per heavy atom. The molecule has 1 aliphatic heterocycles. The van der Waals surface area contributed by atoms with Crippen molar-refractivity contribution in [3.8, 4) is 23.0 Å². The van der Waals surface area contributed by atoms with Crippen LogP contribution < -0.4 is 18.9 Å². The van der Waals surface area contributed by atoms with Crippen LogP contribution in [0.25, 0.3) is 0 Å². The molecule has 0 bridgehead atoms. The fourth-order valence-corrected chi connectivity index (χ4v) is 3.09. The van der Waals surface area contributed by atoms with Gasteiger partial charge in [0.1, 0.15) is 19.8 Å². The van der Waals surface area contributed by atoms with Gasteiger partial charge in [-0.15, -0.1) is 0 Å². The summed E-state index contributed by atoms with van der Waals surface area (Å²) in [5.74, 6) is 1.17. The van der Waals surface area contributed by atoms with Crippen LogP contribution in [0, 0.1) is 0 Å². The highest BCUT2D eigenvalue weighted by atomic mass is 35.5. The first-order valence-electron chi connectivity index (χ1n) is 7.70. The van der Waals surface area contributed by atoms with E-state index >= 15 is 0 Å². The van der Waals surface area contributed by atoms with E-state index in [1.54, 1.807) is 12.1 Å². The van der Waals surface area contributed by atoms with E-state index in [-0.39, 0.29) is 17.2 Å². The van der Waals surface area contributed by atoms with E-state index < -0.39 is 5.97 Å². The zero-order valence-corrected chi connectivity index (χ0v) is 15.6. The number of methoxy groups -OCH3 is 2. The fourth-order valence-electron chi connectivity index (χ4n) is 2.52. The van der Waals surface area contributed by atoms with Crippen molar-refractivity contribution in [3.05, 3.63) is 45.4 Å². The third-order valence-corrected chi connectivity index (χ3v) is 4.26. The van der Waals surface area contributed by atoms with Crippen LogP contribution in [-0.2, 0) is 11.3 Å². The maximum absolute atomic E-state index is 12.3. The molecule has 138 valence electrons. The highest BCUT2D eigenvalue weighted by Gasteiger charge is 2.19.